The van der Waals surface area contributed by atoms with E-state index in [1.54, 1.807) is 7.11 Å². The number of para-hydroxylation sites is 1. The summed E-state index contributed by atoms with van der Waals surface area (Å²) >= 11 is 0. The second-order valence-corrected chi connectivity index (χ2v) is 5.14. The van der Waals surface area contributed by atoms with Crippen LogP contribution in [0.25, 0.3) is 0 Å². The molecule has 1 aromatic rings. The van der Waals surface area contributed by atoms with Gasteiger partial charge in [0.05, 0.1) is 0 Å². The molecule has 0 aliphatic carbocycles. The molecule has 1 rings (SSSR count). The van der Waals surface area contributed by atoms with E-state index < -0.39 is 0 Å². The zero-order valence-electron chi connectivity index (χ0n) is 14.1. The Bertz CT molecular complexity index is 408. The normalized spacial score (nSPS) is 11.3. The van der Waals surface area contributed by atoms with Crippen molar-refractivity contribution in [3.8, 4) is 0 Å². The van der Waals surface area contributed by atoms with Crippen LogP contribution in [0.4, 0.5) is 5.69 Å². The molecule has 0 heterocycles. The first kappa shape index (κ1) is 18.3. The van der Waals surface area contributed by atoms with Crippen molar-refractivity contribution in [2.45, 2.75) is 19.8 Å². The Kier molecular flexibility index (Phi) is 9.87. The molecule has 5 nitrogen and oxygen atoms in total. The fourth-order valence-corrected chi connectivity index (χ4v) is 2.08. The largest absolute Gasteiger partial charge is 0.385 e. The molecular formula is C17H30N4O. The number of aliphatic imine (C=N–C) groups is 1. The van der Waals surface area contributed by atoms with E-state index >= 15 is 0 Å². The van der Waals surface area contributed by atoms with Gasteiger partial charge in [-0.15, -0.1) is 0 Å². The summed E-state index contributed by atoms with van der Waals surface area (Å²) in [7, 11) is 3.84. The van der Waals surface area contributed by atoms with Crippen molar-refractivity contribution >= 4 is 11.6 Å². The summed E-state index contributed by atoms with van der Waals surface area (Å²) in [5, 5.41) is 6.58. The van der Waals surface area contributed by atoms with Crippen LogP contribution in [0.3, 0.4) is 0 Å². The van der Waals surface area contributed by atoms with E-state index in [1.807, 2.05) is 6.07 Å². The van der Waals surface area contributed by atoms with Crippen molar-refractivity contribution in [2.75, 3.05) is 51.8 Å². The molecule has 2 N–H and O–H groups in total. The van der Waals surface area contributed by atoms with Crippen LogP contribution in [-0.4, -0.2) is 52.9 Å². The van der Waals surface area contributed by atoms with Gasteiger partial charge in [-0.1, -0.05) is 18.2 Å². The third-order valence-corrected chi connectivity index (χ3v) is 3.28. The Morgan fingerprint density at radius 1 is 1.18 bits per heavy atom. The summed E-state index contributed by atoms with van der Waals surface area (Å²) in [6, 6.07) is 10.4. The fourth-order valence-electron chi connectivity index (χ4n) is 2.08. The quantitative estimate of drug-likeness (QED) is 0.395. The third kappa shape index (κ3) is 7.88. The number of hydrogen-bond acceptors (Lipinski definition) is 3. The molecular weight excluding hydrogens is 276 g/mol. The standard InChI is InChI=1S/C17H30N4O/c1-4-18-17(20-13-9-15-22-3)19-12-8-14-21(2)16-10-6-5-7-11-16/h5-7,10-11H,4,8-9,12-15H2,1-3H3,(H2,18,19,20). The van der Waals surface area contributed by atoms with Gasteiger partial charge >= 0.3 is 0 Å². The zero-order chi connectivity index (χ0) is 16.0. The van der Waals surface area contributed by atoms with Gasteiger partial charge in [0.25, 0.3) is 0 Å². The van der Waals surface area contributed by atoms with Gasteiger partial charge in [0, 0.05) is 52.6 Å². The second kappa shape index (κ2) is 11.9. The molecule has 0 unspecified atom stereocenters. The van der Waals surface area contributed by atoms with Gasteiger partial charge in [-0.3, -0.25) is 4.99 Å². The lowest BCUT2D eigenvalue weighted by atomic mass is 10.3. The van der Waals surface area contributed by atoms with Crippen LogP contribution in [0.5, 0.6) is 0 Å². The Morgan fingerprint density at radius 2 is 1.95 bits per heavy atom. The number of guanidine groups is 1. The lowest BCUT2D eigenvalue weighted by Gasteiger charge is -2.18. The number of hydrogen-bond donors (Lipinski definition) is 2. The number of nitrogens with zero attached hydrogens (tertiary/aromatic N) is 2. The fraction of sp³-hybridized carbons (Fsp3) is 0.588. The van der Waals surface area contributed by atoms with Gasteiger partial charge in [-0.25, -0.2) is 0 Å². The highest BCUT2D eigenvalue weighted by molar-refractivity contribution is 5.79. The summed E-state index contributed by atoms with van der Waals surface area (Å²) in [6.45, 7) is 6.42. The first-order valence-corrected chi connectivity index (χ1v) is 8.05. The minimum absolute atomic E-state index is 0.772. The number of anilines is 1. The lowest BCUT2D eigenvalue weighted by Crippen LogP contribution is -2.38. The molecule has 124 valence electrons. The van der Waals surface area contributed by atoms with E-state index in [1.165, 1.54) is 5.69 Å². The molecule has 0 saturated carbocycles. The minimum Gasteiger partial charge on any atom is -0.385 e. The molecule has 1 aromatic carbocycles. The van der Waals surface area contributed by atoms with Crippen LogP contribution < -0.4 is 15.5 Å². The van der Waals surface area contributed by atoms with Gasteiger partial charge in [0.1, 0.15) is 0 Å². The number of ether oxygens (including phenoxy) is 1. The van der Waals surface area contributed by atoms with Gasteiger partial charge < -0.3 is 20.3 Å². The smallest absolute Gasteiger partial charge is 0.191 e. The lowest BCUT2D eigenvalue weighted by molar-refractivity contribution is 0.195. The van der Waals surface area contributed by atoms with E-state index in [9.17, 15) is 0 Å². The van der Waals surface area contributed by atoms with Crippen molar-refractivity contribution in [3.63, 3.8) is 0 Å². The van der Waals surface area contributed by atoms with E-state index in [0.717, 1.165) is 51.6 Å². The maximum Gasteiger partial charge on any atom is 0.191 e. The maximum atomic E-state index is 5.04. The molecule has 22 heavy (non-hydrogen) atoms. The van der Waals surface area contributed by atoms with Crippen molar-refractivity contribution in [3.05, 3.63) is 30.3 Å². The highest BCUT2D eigenvalue weighted by Crippen LogP contribution is 2.10. The van der Waals surface area contributed by atoms with Crippen molar-refractivity contribution in [2.24, 2.45) is 4.99 Å². The second-order valence-electron chi connectivity index (χ2n) is 5.14. The summed E-state index contributed by atoms with van der Waals surface area (Å²) in [5.74, 6) is 0.890. The van der Waals surface area contributed by atoms with Gasteiger partial charge in [0.15, 0.2) is 5.96 Å². The van der Waals surface area contributed by atoms with Crippen molar-refractivity contribution in [1.82, 2.24) is 10.6 Å². The van der Waals surface area contributed by atoms with Crippen LogP contribution in [-0.2, 0) is 4.74 Å². The van der Waals surface area contributed by atoms with Crippen molar-refractivity contribution in [1.29, 1.82) is 0 Å². The highest BCUT2D eigenvalue weighted by atomic mass is 16.5. The Labute approximate surface area is 134 Å². The first-order chi connectivity index (χ1) is 10.8. The van der Waals surface area contributed by atoms with E-state index in [-0.39, 0.29) is 0 Å². The van der Waals surface area contributed by atoms with Gasteiger partial charge in [-0.2, -0.15) is 0 Å². The monoisotopic (exact) mass is 306 g/mol. The van der Waals surface area contributed by atoms with E-state index in [2.05, 4.69) is 58.8 Å². The average molecular weight is 306 g/mol. The number of methoxy groups -OCH3 is 1. The molecule has 0 aliphatic rings. The molecule has 0 atom stereocenters. The topological polar surface area (TPSA) is 48.9 Å². The van der Waals surface area contributed by atoms with Crippen LogP contribution in [0, 0.1) is 0 Å². The van der Waals surface area contributed by atoms with E-state index in [4.69, 9.17) is 4.74 Å². The number of nitrogens with one attached hydrogen (secondary N) is 2. The average Bonchev–Trinajstić information content (AvgIpc) is 2.56. The summed E-state index contributed by atoms with van der Waals surface area (Å²) < 4.78 is 5.04. The van der Waals surface area contributed by atoms with E-state index in [0.29, 0.717) is 0 Å². The summed E-state index contributed by atoms with van der Waals surface area (Å²) in [4.78, 5) is 6.86. The molecule has 0 amide bonds. The minimum atomic E-state index is 0.772. The van der Waals surface area contributed by atoms with Gasteiger partial charge in [-0.05, 0) is 31.9 Å². The predicted molar refractivity (Wildman–Crippen MR) is 94.8 cm³/mol. The Morgan fingerprint density at radius 3 is 2.64 bits per heavy atom. The zero-order valence-corrected chi connectivity index (χ0v) is 14.1. The summed E-state index contributed by atoms with van der Waals surface area (Å²) in [5.41, 5.74) is 1.25. The predicted octanol–water partition coefficient (Wildman–Crippen LogP) is 2.10. The SMILES string of the molecule is CCNC(=NCCCN(C)c1ccccc1)NCCCOC. The van der Waals surface area contributed by atoms with Crippen LogP contribution in [0.15, 0.2) is 35.3 Å². The highest BCUT2D eigenvalue weighted by Gasteiger charge is 2.00. The Hall–Kier alpha value is -1.75. The molecule has 0 aromatic heterocycles. The molecule has 0 saturated heterocycles. The van der Waals surface area contributed by atoms with Crippen LogP contribution in [0.1, 0.15) is 19.8 Å². The molecule has 0 radical (unpaired) electrons. The molecule has 0 spiro atoms. The third-order valence-electron chi connectivity index (χ3n) is 3.28. The van der Waals surface area contributed by atoms with Gasteiger partial charge in [0.2, 0.25) is 0 Å². The van der Waals surface area contributed by atoms with Crippen molar-refractivity contribution < 1.29 is 4.74 Å². The molecule has 0 bridgehead atoms. The van der Waals surface area contributed by atoms with Crippen LogP contribution in [0.2, 0.25) is 0 Å². The van der Waals surface area contributed by atoms with Crippen LogP contribution >= 0.6 is 0 Å². The number of rotatable bonds is 10. The first-order valence-electron chi connectivity index (χ1n) is 8.05. The number of benzene rings is 1. The summed E-state index contributed by atoms with van der Waals surface area (Å²) in [6.07, 6.45) is 2.01. The molecule has 5 heteroatoms. The Balaban J connectivity index is 2.27. The molecule has 0 aliphatic heterocycles. The maximum absolute atomic E-state index is 5.04. The molecule has 0 fully saturated rings.